The third-order valence-corrected chi connectivity index (χ3v) is 4.39. The predicted octanol–water partition coefficient (Wildman–Crippen LogP) is 3.18. The molecule has 0 saturated carbocycles. The number of benzene rings is 1. The molecule has 0 radical (unpaired) electrons. The number of urea groups is 1. The molecule has 1 saturated heterocycles. The molecule has 0 aromatic heterocycles. The van der Waals surface area contributed by atoms with Crippen LogP contribution in [0.4, 0.5) is 10.5 Å². The lowest BCUT2D eigenvalue weighted by molar-refractivity contribution is -0.141. The molecule has 1 heterocycles. The van der Waals surface area contributed by atoms with E-state index >= 15 is 0 Å². The van der Waals surface area contributed by atoms with Crippen LogP contribution in [0.3, 0.4) is 0 Å². The molecular formula is C12H12BrClN2O3. The molecule has 7 heteroatoms. The zero-order valence-electron chi connectivity index (χ0n) is 9.90. The lowest BCUT2D eigenvalue weighted by atomic mass is 10.2. The van der Waals surface area contributed by atoms with Gasteiger partial charge in [0.2, 0.25) is 0 Å². The molecule has 2 amide bonds. The van der Waals surface area contributed by atoms with E-state index < -0.39 is 18.0 Å². The molecule has 5 nitrogen and oxygen atoms in total. The largest absolute Gasteiger partial charge is 0.480 e. The van der Waals surface area contributed by atoms with E-state index in [0.717, 1.165) is 0 Å². The van der Waals surface area contributed by atoms with Crippen molar-refractivity contribution >= 4 is 45.2 Å². The Hall–Kier alpha value is -1.27. The highest BCUT2D eigenvalue weighted by molar-refractivity contribution is 9.10. The van der Waals surface area contributed by atoms with E-state index in [0.29, 0.717) is 34.6 Å². The number of carboxylic acids is 1. The van der Waals surface area contributed by atoms with E-state index in [1.807, 2.05) is 0 Å². The van der Waals surface area contributed by atoms with E-state index in [2.05, 4.69) is 21.2 Å². The number of rotatable bonds is 2. The van der Waals surface area contributed by atoms with Crippen molar-refractivity contribution in [3.63, 3.8) is 0 Å². The molecule has 1 aliphatic heterocycles. The molecule has 1 aromatic carbocycles. The summed E-state index contributed by atoms with van der Waals surface area (Å²) in [5.41, 5.74) is 0.522. The molecule has 0 unspecified atom stereocenters. The summed E-state index contributed by atoms with van der Waals surface area (Å²) < 4.78 is 0.580. The first-order chi connectivity index (χ1) is 9.00. The normalized spacial score (nSPS) is 18.4. The highest BCUT2D eigenvalue weighted by Gasteiger charge is 2.34. The van der Waals surface area contributed by atoms with Gasteiger partial charge in [0.15, 0.2) is 0 Å². The number of halogens is 2. The number of carbonyl (C=O) groups excluding carboxylic acids is 1. The lowest BCUT2D eigenvalue weighted by Gasteiger charge is -2.22. The summed E-state index contributed by atoms with van der Waals surface area (Å²) >= 11 is 9.21. The van der Waals surface area contributed by atoms with Crippen LogP contribution in [0.25, 0.3) is 0 Å². The van der Waals surface area contributed by atoms with Crippen molar-refractivity contribution < 1.29 is 14.7 Å². The zero-order chi connectivity index (χ0) is 14.0. The Balaban J connectivity index is 2.13. The molecule has 1 fully saturated rings. The summed E-state index contributed by atoms with van der Waals surface area (Å²) in [6, 6.07) is 3.92. The van der Waals surface area contributed by atoms with E-state index in [9.17, 15) is 9.59 Å². The third kappa shape index (κ3) is 3.01. The van der Waals surface area contributed by atoms with Crippen LogP contribution in [0.2, 0.25) is 5.02 Å². The van der Waals surface area contributed by atoms with Crippen molar-refractivity contribution in [1.82, 2.24) is 4.90 Å². The van der Waals surface area contributed by atoms with Crippen LogP contribution in [0.15, 0.2) is 22.7 Å². The summed E-state index contributed by atoms with van der Waals surface area (Å²) in [5.74, 6) is -0.974. The average molecular weight is 348 g/mol. The number of hydrogen-bond acceptors (Lipinski definition) is 2. The Bertz CT molecular complexity index is 524. The quantitative estimate of drug-likeness (QED) is 0.863. The summed E-state index contributed by atoms with van der Waals surface area (Å²) in [7, 11) is 0. The van der Waals surface area contributed by atoms with Crippen molar-refractivity contribution in [1.29, 1.82) is 0 Å². The van der Waals surface area contributed by atoms with Gasteiger partial charge in [0, 0.05) is 6.54 Å². The summed E-state index contributed by atoms with van der Waals surface area (Å²) in [4.78, 5) is 24.4. The minimum atomic E-state index is -0.974. The Kier molecular flexibility index (Phi) is 4.31. The molecule has 2 rings (SSSR count). The molecule has 1 aromatic rings. The topological polar surface area (TPSA) is 69.6 Å². The van der Waals surface area contributed by atoms with Crippen LogP contribution in [-0.2, 0) is 4.79 Å². The van der Waals surface area contributed by atoms with Gasteiger partial charge in [0.25, 0.3) is 0 Å². The van der Waals surface area contributed by atoms with Crippen molar-refractivity contribution in [2.24, 2.45) is 0 Å². The minimum Gasteiger partial charge on any atom is -0.480 e. The fourth-order valence-electron chi connectivity index (χ4n) is 2.05. The summed E-state index contributed by atoms with van der Waals surface area (Å²) in [5, 5.41) is 12.2. The lowest BCUT2D eigenvalue weighted by Crippen LogP contribution is -2.42. The maximum absolute atomic E-state index is 12.1. The van der Waals surface area contributed by atoms with Crippen molar-refractivity contribution in [2.45, 2.75) is 18.9 Å². The van der Waals surface area contributed by atoms with Crippen LogP contribution in [-0.4, -0.2) is 34.6 Å². The van der Waals surface area contributed by atoms with Gasteiger partial charge in [-0.1, -0.05) is 17.7 Å². The molecule has 0 bridgehead atoms. The van der Waals surface area contributed by atoms with E-state index in [1.165, 1.54) is 4.90 Å². The van der Waals surface area contributed by atoms with Gasteiger partial charge >= 0.3 is 12.0 Å². The number of carboxylic acid groups (broad SMARTS) is 1. The molecule has 2 N–H and O–H groups in total. The average Bonchev–Trinajstić information content (AvgIpc) is 2.84. The summed E-state index contributed by atoms with van der Waals surface area (Å²) in [6.07, 6.45) is 1.18. The number of nitrogens with one attached hydrogen (secondary N) is 1. The highest BCUT2D eigenvalue weighted by Crippen LogP contribution is 2.30. The first-order valence-corrected chi connectivity index (χ1v) is 6.92. The molecule has 1 atom stereocenters. The Labute approximate surface area is 123 Å². The van der Waals surface area contributed by atoms with Crippen LogP contribution < -0.4 is 5.32 Å². The monoisotopic (exact) mass is 346 g/mol. The molecule has 19 heavy (non-hydrogen) atoms. The second-order valence-corrected chi connectivity index (χ2v) is 5.42. The van der Waals surface area contributed by atoms with Crippen LogP contribution in [0, 0.1) is 0 Å². The first kappa shape index (κ1) is 14.1. The van der Waals surface area contributed by atoms with Crippen molar-refractivity contribution in [3.05, 3.63) is 27.7 Å². The van der Waals surface area contributed by atoms with Gasteiger partial charge in [-0.3, -0.25) is 0 Å². The Morgan fingerprint density at radius 2 is 2.21 bits per heavy atom. The molecule has 0 aliphatic carbocycles. The number of aliphatic carboxylic acids is 1. The second kappa shape index (κ2) is 5.79. The maximum Gasteiger partial charge on any atom is 0.326 e. The second-order valence-electron chi connectivity index (χ2n) is 4.22. The fraction of sp³-hybridized carbons (Fsp3) is 0.333. The van der Waals surface area contributed by atoms with E-state index in [-0.39, 0.29) is 0 Å². The van der Waals surface area contributed by atoms with Gasteiger partial charge in [-0.25, -0.2) is 9.59 Å². The van der Waals surface area contributed by atoms with E-state index in [4.69, 9.17) is 16.7 Å². The number of hydrogen-bond donors (Lipinski definition) is 2. The third-order valence-electron chi connectivity index (χ3n) is 2.99. The molecule has 0 spiro atoms. The van der Waals surface area contributed by atoms with Crippen molar-refractivity contribution in [3.8, 4) is 0 Å². The van der Waals surface area contributed by atoms with Gasteiger partial charge in [0.1, 0.15) is 6.04 Å². The first-order valence-electron chi connectivity index (χ1n) is 5.75. The van der Waals surface area contributed by atoms with Crippen LogP contribution >= 0.6 is 27.5 Å². The molecule has 102 valence electrons. The van der Waals surface area contributed by atoms with Crippen LogP contribution in [0.1, 0.15) is 12.8 Å². The van der Waals surface area contributed by atoms with Crippen LogP contribution in [0.5, 0.6) is 0 Å². The predicted molar refractivity (Wildman–Crippen MR) is 75.5 cm³/mol. The minimum absolute atomic E-state index is 0.423. The smallest absolute Gasteiger partial charge is 0.326 e. The SMILES string of the molecule is O=C(O)[C@@H]1CCCN1C(=O)Nc1cccc(Cl)c1Br. The van der Waals surface area contributed by atoms with Crippen molar-refractivity contribution in [2.75, 3.05) is 11.9 Å². The summed E-state index contributed by atoms with van der Waals surface area (Å²) in [6.45, 7) is 0.445. The Morgan fingerprint density at radius 1 is 1.47 bits per heavy atom. The highest BCUT2D eigenvalue weighted by atomic mass is 79.9. The number of carbonyl (C=O) groups is 2. The number of nitrogens with zero attached hydrogens (tertiary/aromatic N) is 1. The van der Waals surface area contributed by atoms with Gasteiger partial charge in [-0.15, -0.1) is 0 Å². The number of likely N-dealkylation sites (tertiary alicyclic amines) is 1. The van der Waals surface area contributed by atoms with Gasteiger partial charge < -0.3 is 15.3 Å². The van der Waals surface area contributed by atoms with Gasteiger partial charge in [-0.2, -0.15) is 0 Å². The fourth-order valence-corrected chi connectivity index (χ4v) is 2.59. The number of anilines is 1. The maximum atomic E-state index is 12.1. The zero-order valence-corrected chi connectivity index (χ0v) is 12.2. The molecule has 1 aliphatic rings. The molecular weight excluding hydrogens is 336 g/mol. The van der Waals surface area contributed by atoms with E-state index in [1.54, 1.807) is 18.2 Å². The Morgan fingerprint density at radius 3 is 2.89 bits per heavy atom. The van der Waals surface area contributed by atoms with Gasteiger partial charge in [0.05, 0.1) is 15.2 Å². The standard InChI is InChI=1S/C12H12BrClN2O3/c13-10-7(14)3-1-4-8(10)15-12(19)16-6-2-5-9(16)11(17)18/h1,3-4,9H,2,5-6H2,(H,15,19)(H,17,18)/t9-/m0/s1. The van der Waals surface area contributed by atoms with Gasteiger partial charge in [-0.05, 0) is 40.9 Å². The number of amides is 2.